The van der Waals surface area contributed by atoms with Crippen molar-refractivity contribution in [3.8, 4) is 0 Å². The molecule has 0 spiro atoms. The molecule has 0 fully saturated rings. The predicted octanol–water partition coefficient (Wildman–Crippen LogP) is 9.16. The highest BCUT2D eigenvalue weighted by molar-refractivity contribution is 6.09. The van der Waals surface area contributed by atoms with Crippen molar-refractivity contribution in [3.05, 3.63) is 156 Å². The van der Waals surface area contributed by atoms with Gasteiger partial charge in [-0.05, 0) is 80.1 Å². The van der Waals surface area contributed by atoms with E-state index < -0.39 is 6.04 Å². The van der Waals surface area contributed by atoms with Crippen molar-refractivity contribution in [3.63, 3.8) is 0 Å². The average molecular weight is 790 g/mol. The number of aliphatic imine (C=N–C) groups is 1. The largest absolute Gasteiger partial charge is 0.330 e. The van der Waals surface area contributed by atoms with E-state index in [0.29, 0.717) is 36.1 Å². The Morgan fingerprint density at radius 1 is 0.932 bits per heavy atom. The van der Waals surface area contributed by atoms with Gasteiger partial charge >= 0.3 is 6.03 Å². The van der Waals surface area contributed by atoms with Crippen molar-refractivity contribution in [2.45, 2.75) is 66.6 Å². The Balaban J connectivity index is 1.17. The van der Waals surface area contributed by atoms with Crippen LogP contribution in [0.2, 0.25) is 0 Å². The molecule has 0 saturated heterocycles. The van der Waals surface area contributed by atoms with E-state index >= 15 is 0 Å². The second kappa shape index (κ2) is 19.5. The molecule has 0 aliphatic carbocycles. The van der Waals surface area contributed by atoms with Gasteiger partial charge in [0.25, 0.3) is 5.91 Å². The lowest BCUT2D eigenvalue weighted by Gasteiger charge is -2.35. The van der Waals surface area contributed by atoms with Crippen LogP contribution < -0.4 is 20.4 Å². The standard InChI is InChI=1S/C47H51N9O3/c1-7-15-40(36-18-12-9-13-19-36)52-41(26-32(2)3)45(58)55(30-35-16-10-8-11-17-35)25-14-20-43(57)50-38-23-21-33(4)42(27-38)56-31-37-28-49-46(53-44(37)54(6)47(56)59)51-39-24-22-34(5)48-29-39/h7-19,21-25,27-29,32,41H,20,26,30-31H2,1-6H3,(H,50,57)(H,49,51,53)/b15-7+,25-14+,52-40+/t41-/m0/s1. The van der Waals surface area contributed by atoms with Crippen molar-refractivity contribution < 1.29 is 14.4 Å². The topological polar surface area (TPSA) is 136 Å². The Morgan fingerprint density at radius 2 is 1.66 bits per heavy atom. The molecule has 6 rings (SSSR count). The molecule has 12 heteroatoms. The lowest BCUT2D eigenvalue weighted by Crippen LogP contribution is -2.46. The highest BCUT2D eigenvalue weighted by Crippen LogP contribution is 2.33. The van der Waals surface area contributed by atoms with E-state index in [1.165, 1.54) is 4.90 Å². The second-order valence-corrected chi connectivity index (χ2v) is 14.9. The fourth-order valence-electron chi connectivity index (χ4n) is 6.68. The zero-order chi connectivity index (χ0) is 41.9. The molecule has 4 amide bonds. The lowest BCUT2D eigenvalue weighted by atomic mass is 10.0. The summed E-state index contributed by atoms with van der Waals surface area (Å²) in [6.45, 7) is 10.5. The normalized spacial score (nSPS) is 13.5. The number of carbonyl (C=O) groups excluding carboxylic acids is 3. The number of nitrogens with zero attached hydrogens (tertiary/aromatic N) is 7. The minimum absolute atomic E-state index is 0.0127. The summed E-state index contributed by atoms with van der Waals surface area (Å²) < 4.78 is 0. The highest BCUT2D eigenvalue weighted by Gasteiger charge is 2.32. The summed E-state index contributed by atoms with van der Waals surface area (Å²) in [4.78, 5) is 64.8. The Kier molecular flexibility index (Phi) is 13.8. The number of amides is 4. The molecule has 1 aliphatic rings. The summed E-state index contributed by atoms with van der Waals surface area (Å²) in [6, 6.07) is 28.0. The van der Waals surface area contributed by atoms with Gasteiger partial charge in [0.05, 0.1) is 36.4 Å². The van der Waals surface area contributed by atoms with Crippen LogP contribution in [-0.4, -0.2) is 56.5 Å². The molecule has 0 bridgehead atoms. The number of benzene rings is 3. The molecular formula is C47H51N9O3. The van der Waals surface area contributed by atoms with Crippen LogP contribution in [0.15, 0.2) is 133 Å². The minimum atomic E-state index is -0.639. The molecule has 302 valence electrons. The molecule has 59 heavy (non-hydrogen) atoms. The number of aromatic nitrogens is 3. The van der Waals surface area contributed by atoms with Gasteiger partial charge in [-0.15, -0.1) is 0 Å². The van der Waals surface area contributed by atoms with Gasteiger partial charge in [-0.25, -0.2) is 9.78 Å². The number of nitrogens with one attached hydrogen (secondary N) is 2. The average Bonchev–Trinajstić information content (AvgIpc) is 3.23. The van der Waals surface area contributed by atoms with Gasteiger partial charge in [0.2, 0.25) is 11.9 Å². The number of rotatable bonds is 15. The quantitative estimate of drug-likeness (QED) is 0.101. The smallest absolute Gasteiger partial charge is 0.326 e. The number of fused-ring (bicyclic) bond motifs is 1. The maximum Gasteiger partial charge on any atom is 0.330 e. The number of carbonyl (C=O) groups is 3. The van der Waals surface area contributed by atoms with Gasteiger partial charge < -0.3 is 15.5 Å². The maximum absolute atomic E-state index is 14.4. The van der Waals surface area contributed by atoms with Crippen LogP contribution in [0.5, 0.6) is 0 Å². The number of aryl methyl sites for hydroxylation is 2. The van der Waals surface area contributed by atoms with Crippen LogP contribution >= 0.6 is 0 Å². The first-order valence-electron chi connectivity index (χ1n) is 19.8. The van der Waals surface area contributed by atoms with E-state index in [0.717, 1.165) is 39.3 Å². The fourth-order valence-corrected chi connectivity index (χ4v) is 6.68. The molecule has 12 nitrogen and oxygen atoms in total. The molecule has 0 radical (unpaired) electrons. The zero-order valence-corrected chi connectivity index (χ0v) is 34.5. The van der Waals surface area contributed by atoms with Crippen LogP contribution in [0.25, 0.3) is 0 Å². The van der Waals surface area contributed by atoms with E-state index in [2.05, 4.69) is 39.4 Å². The number of allylic oxidation sites excluding steroid dienone is 2. The third-order valence-corrected chi connectivity index (χ3v) is 9.69. The summed E-state index contributed by atoms with van der Waals surface area (Å²) >= 11 is 0. The first-order valence-corrected chi connectivity index (χ1v) is 19.8. The van der Waals surface area contributed by atoms with Crippen LogP contribution in [0, 0.1) is 19.8 Å². The molecule has 3 aromatic carbocycles. The zero-order valence-electron chi connectivity index (χ0n) is 34.5. The van der Waals surface area contributed by atoms with E-state index in [-0.39, 0.29) is 36.7 Å². The number of urea groups is 1. The van der Waals surface area contributed by atoms with Crippen LogP contribution in [0.3, 0.4) is 0 Å². The number of pyridine rings is 1. The van der Waals surface area contributed by atoms with E-state index in [1.807, 2.05) is 118 Å². The predicted molar refractivity (Wildman–Crippen MR) is 236 cm³/mol. The van der Waals surface area contributed by atoms with Gasteiger partial charge in [0.1, 0.15) is 11.9 Å². The molecule has 3 heterocycles. The van der Waals surface area contributed by atoms with Crippen molar-refractivity contribution in [1.82, 2.24) is 19.9 Å². The Morgan fingerprint density at radius 3 is 2.36 bits per heavy atom. The van der Waals surface area contributed by atoms with Crippen LogP contribution in [0.1, 0.15) is 61.6 Å². The number of hydrogen-bond donors (Lipinski definition) is 2. The van der Waals surface area contributed by atoms with Crippen LogP contribution in [0.4, 0.5) is 33.6 Å². The molecule has 1 aliphatic heterocycles. The molecule has 0 saturated carbocycles. The first kappa shape index (κ1) is 41.7. The monoisotopic (exact) mass is 789 g/mol. The summed E-state index contributed by atoms with van der Waals surface area (Å²) in [5.41, 5.74) is 7.08. The SMILES string of the molecule is C/C=C/C(=N\[C@@H](CC(C)C)C(=O)N(/C=C/CC(=O)Nc1ccc(C)c(N2Cc3cnc(Nc4ccc(C)nc4)nc3N(C)C2=O)c1)Cc1ccccc1)c1ccccc1. The minimum Gasteiger partial charge on any atom is -0.326 e. The number of anilines is 5. The van der Waals surface area contributed by atoms with Gasteiger partial charge in [-0.3, -0.25) is 29.4 Å². The third-order valence-electron chi connectivity index (χ3n) is 9.69. The van der Waals surface area contributed by atoms with E-state index in [9.17, 15) is 14.4 Å². The summed E-state index contributed by atoms with van der Waals surface area (Å²) in [6.07, 6.45) is 11.2. The molecule has 0 unspecified atom stereocenters. The van der Waals surface area contributed by atoms with E-state index in [1.54, 1.807) is 47.6 Å². The van der Waals surface area contributed by atoms with Crippen molar-refractivity contribution in [2.75, 3.05) is 27.5 Å². The second-order valence-electron chi connectivity index (χ2n) is 14.9. The Hall–Kier alpha value is -6.95. The van der Waals surface area contributed by atoms with Crippen molar-refractivity contribution in [1.29, 1.82) is 0 Å². The van der Waals surface area contributed by atoms with Gasteiger partial charge in [-0.1, -0.05) is 92.7 Å². The summed E-state index contributed by atoms with van der Waals surface area (Å²) in [7, 11) is 1.68. The Bertz CT molecular complexity index is 2340. The summed E-state index contributed by atoms with van der Waals surface area (Å²) in [5.74, 6) is 0.651. The summed E-state index contributed by atoms with van der Waals surface area (Å²) in [5, 5.41) is 6.13. The first-order chi connectivity index (χ1) is 28.5. The molecular weight excluding hydrogens is 739 g/mol. The number of hydrogen-bond acceptors (Lipinski definition) is 8. The van der Waals surface area contributed by atoms with Crippen LogP contribution in [-0.2, 0) is 22.7 Å². The van der Waals surface area contributed by atoms with E-state index in [4.69, 9.17) is 4.99 Å². The van der Waals surface area contributed by atoms with Gasteiger partial charge in [0.15, 0.2) is 0 Å². The van der Waals surface area contributed by atoms with Gasteiger partial charge in [0, 0.05) is 42.8 Å². The third kappa shape index (κ3) is 10.9. The van der Waals surface area contributed by atoms with Crippen molar-refractivity contribution >= 4 is 52.4 Å². The molecule has 5 aromatic rings. The van der Waals surface area contributed by atoms with Crippen molar-refractivity contribution in [2.24, 2.45) is 10.9 Å². The fraction of sp³-hybridized carbons (Fsp3) is 0.255. The molecule has 2 N–H and O–H groups in total. The molecule has 1 atom stereocenters. The van der Waals surface area contributed by atoms with Gasteiger partial charge in [-0.2, -0.15) is 4.98 Å². The molecule has 2 aromatic heterocycles. The maximum atomic E-state index is 14.4. The highest BCUT2D eigenvalue weighted by atomic mass is 16.2. The Labute approximate surface area is 346 Å². The lowest BCUT2D eigenvalue weighted by molar-refractivity contribution is -0.130.